The van der Waals surface area contributed by atoms with Gasteiger partial charge in [0.15, 0.2) is 5.79 Å². The lowest BCUT2D eigenvalue weighted by molar-refractivity contribution is -0.189. The van der Waals surface area contributed by atoms with Gasteiger partial charge in [0.05, 0.1) is 25.0 Å². The lowest BCUT2D eigenvalue weighted by Gasteiger charge is -2.40. The first-order chi connectivity index (χ1) is 10.9. The zero-order valence-electron chi connectivity index (χ0n) is 13.8. The van der Waals surface area contributed by atoms with Gasteiger partial charge in [-0.2, -0.15) is 0 Å². The van der Waals surface area contributed by atoms with Gasteiger partial charge in [-0.1, -0.05) is 11.1 Å². The standard InChI is InChI=1S/C17H25NO5/c1-11-9-13(14(16(20)21)10-12(11)2)15(19)18-5-3-17(4-6-18)22-7-8-23-17/h13-14H,3-10H2,1-2H3,(H,20,21). The Kier molecular flexibility index (Phi) is 4.47. The minimum Gasteiger partial charge on any atom is -0.481 e. The Balaban J connectivity index is 1.68. The second-order valence-corrected chi connectivity index (χ2v) is 6.95. The monoisotopic (exact) mass is 323 g/mol. The van der Waals surface area contributed by atoms with Crippen LogP contribution in [0.1, 0.15) is 39.5 Å². The van der Waals surface area contributed by atoms with Crippen LogP contribution in [0.4, 0.5) is 0 Å². The zero-order valence-corrected chi connectivity index (χ0v) is 13.8. The van der Waals surface area contributed by atoms with E-state index in [-0.39, 0.29) is 5.91 Å². The molecule has 2 saturated heterocycles. The molecule has 1 amide bonds. The van der Waals surface area contributed by atoms with Crippen molar-refractivity contribution in [1.82, 2.24) is 4.90 Å². The summed E-state index contributed by atoms with van der Waals surface area (Å²) in [4.78, 5) is 26.3. The molecule has 2 aliphatic heterocycles. The number of hydrogen-bond donors (Lipinski definition) is 1. The third-order valence-electron chi connectivity index (χ3n) is 5.55. The highest BCUT2D eigenvalue weighted by molar-refractivity contribution is 5.85. The fourth-order valence-corrected chi connectivity index (χ4v) is 3.90. The van der Waals surface area contributed by atoms with Crippen molar-refractivity contribution < 1.29 is 24.2 Å². The molecule has 6 nitrogen and oxygen atoms in total. The van der Waals surface area contributed by atoms with E-state index in [0.717, 1.165) is 11.1 Å². The van der Waals surface area contributed by atoms with Gasteiger partial charge < -0.3 is 19.5 Å². The maximum absolute atomic E-state index is 12.9. The largest absolute Gasteiger partial charge is 0.481 e. The lowest BCUT2D eigenvalue weighted by atomic mass is 9.75. The average Bonchev–Trinajstić information content (AvgIpc) is 2.97. The van der Waals surface area contributed by atoms with Gasteiger partial charge in [0.25, 0.3) is 0 Å². The first kappa shape index (κ1) is 16.5. The molecule has 2 fully saturated rings. The third kappa shape index (κ3) is 3.15. The Morgan fingerprint density at radius 1 is 1.04 bits per heavy atom. The minimum atomic E-state index is -0.869. The molecule has 1 spiro atoms. The Morgan fingerprint density at radius 2 is 1.57 bits per heavy atom. The highest BCUT2D eigenvalue weighted by Crippen LogP contribution is 2.37. The second kappa shape index (κ2) is 6.24. The predicted octanol–water partition coefficient (Wildman–Crippen LogP) is 1.80. The number of likely N-dealkylation sites (tertiary alicyclic amines) is 1. The summed E-state index contributed by atoms with van der Waals surface area (Å²) in [6.07, 6.45) is 2.35. The van der Waals surface area contributed by atoms with Crippen LogP contribution in [-0.2, 0) is 19.1 Å². The van der Waals surface area contributed by atoms with Gasteiger partial charge in [-0.15, -0.1) is 0 Å². The number of nitrogens with zero attached hydrogens (tertiary/aromatic N) is 1. The van der Waals surface area contributed by atoms with Crippen molar-refractivity contribution in [2.45, 2.75) is 45.3 Å². The number of carboxylic acid groups (broad SMARTS) is 1. The summed E-state index contributed by atoms with van der Waals surface area (Å²) in [5.41, 5.74) is 2.25. The summed E-state index contributed by atoms with van der Waals surface area (Å²) >= 11 is 0. The molecule has 23 heavy (non-hydrogen) atoms. The van der Waals surface area contributed by atoms with Crippen molar-refractivity contribution >= 4 is 11.9 Å². The Morgan fingerprint density at radius 3 is 2.09 bits per heavy atom. The van der Waals surface area contributed by atoms with Crippen molar-refractivity contribution in [2.24, 2.45) is 11.8 Å². The van der Waals surface area contributed by atoms with E-state index in [1.54, 1.807) is 4.90 Å². The van der Waals surface area contributed by atoms with E-state index < -0.39 is 23.6 Å². The number of carbonyl (C=O) groups excluding carboxylic acids is 1. The van der Waals surface area contributed by atoms with Crippen molar-refractivity contribution in [3.63, 3.8) is 0 Å². The van der Waals surface area contributed by atoms with Crippen LogP contribution < -0.4 is 0 Å². The van der Waals surface area contributed by atoms with Gasteiger partial charge >= 0.3 is 5.97 Å². The van der Waals surface area contributed by atoms with Crippen LogP contribution in [0.3, 0.4) is 0 Å². The van der Waals surface area contributed by atoms with E-state index >= 15 is 0 Å². The van der Waals surface area contributed by atoms with Crippen LogP contribution in [-0.4, -0.2) is 54.0 Å². The van der Waals surface area contributed by atoms with Crippen molar-refractivity contribution in [1.29, 1.82) is 0 Å². The first-order valence-electron chi connectivity index (χ1n) is 8.36. The number of carbonyl (C=O) groups is 2. The summed E-state index contributed by atoms with van der Waals surface area (Å²) in [6.45, 7) is 6.33. The number of allylic oxidation sites excluding steroid dienone is 2. The molecule has 0 aromatic rings. The number of amides is 1. The fraction of sp³-hybridized carbons (Fsp3) is 0.765. The molecule has 6 heteroatoms. The van der Waals surface area contributed by atoms with Gasteiger partial charge in [0.2, 0.25) is 5.91 Å². The third-order valence-corrected chi connectivity index (χ3v) is 5.55. The topological polar surface area (TPSA) is 76.1 Å². The molecule has 2 unspecified atom stereocenters. The number of aliphatic carboxylic acids is 1. The molecular formula is C17H25NO5. The first-order valence-corrected chi connectivity index (χ1v) is 8.36. The number of rotatable bonds is 2. The number of hydrogen-bond acceptors (Lipinski definition) is 4. The molecule has 128 valence electrons. The van der Waals surface area contributed by atoms with Crippen LogP contribution >= 0.6 is 0 Å². The summed E-state index contributed by atoms with van der Waals surface area (Å²) in [5, 5.41) is 9.49. The van der Waals surface area contributed by atoms with E-state index in [2.05, 4.69) is 0 Å². The maximum atomic E-state index is 12.9. The van der Waals surface area contributed by atoms with Crippen LogP contribution in [0.25, 0.3) is 0 Å². The smallest absolute Gasteiger partial charge is 0.307 e. The summed E-state index contributed by atoms with van der Waals surface area (Å²) in [5.74, 6) is -2.47. The molecule has 1 N–H and O–H groups in total. The van der Waals surface area contributed by atoms with Gasteiger partial charge in [-0.3, -0.25) is 9.59 Å². The minimum absolute atomic E-state index is 0.0305. The molecule has 0 radical (unpaired) electrons. The number of piperidine rings is 1. The van der Waals surface area contributed by atoms with E-state index in [1.165, 1.54) is 0 Å². The van der Waals surface area contributed by atoms with Gasteiger partial charge in [0, 0.05) is 25.9 Å². The SMILES string of the molecule is CC1=C(C)CC(C(=O)N2CCC3(CC2)OCCO3)C(C(=O)O)C1. The highest BCUT2D eigenvalue weighted by Gasteiger charge is 2.44. The fourth-order valence-electron chi connectivity index (χ4n) is 3.90. The van der Waals surface area contributed by atoms with Gasteiger partial charge in [-0.05, 0) is 26.7 Å². The molecule has 0 bridgehead atoms. The molecular weight excluding hydrogens is 298 g/mol. The molecule has 2 atom stereocenters. The molecule has 0 aromatic heterocycles. The quantitative estimate of drug-likeness (QED) is 0.784. The van der Waals surface area contributed by atoms with Crippen LogP contribution in [0.2, 0.25) is 0 Å². The summed E-state index contributed by atoms with van der Waals surface area (Å²) < 4.78 is 11.4. The van der Waals surface area contributed by atoms with Gasteiger partial charge in [0.1, 0.15) is 0 Å². The highest BCUT2D eigenvalue weighted by atomic mass is 16.7. The molecule has 2 heterocycles. The van der Waals surface area contributed by atoms with Crippen LogP contribution in [0.15, 0.2) is 11.1 Å². The molecule has 0 saturated carbocycles. The number of ether oxygens (including phenoxy) is 2. The zero-order chi connectivity index (χ0) is 16.6. The van der Waals surface area contributed by atoms with E-state index in [0.29, 0.717) is 52.0 Å². The predicted molar refractivity (Wildman–Crippen MR) is 82.7 cm³/mol. The van der Waals surface area contributed by atoms with E-state index in [9.17, 15) is 14.7 Å². The van der Waals surface area contributed by atoms with Crippen LogP contribution in [0, 0.1) is 11.8 Å². The second-order valence-electron chi connectivity index (χ2n) is 6.95. The molecule has 3 aliphatic rings. The van der Waals surface area contributed by atoms with Crippen molar-refractivity contribution in [3.8, 4) is 0 Å². The van der Waals surface area contributed by atoms with Crippen molar-refractivity contribution in [2.75, 3.05) is 26.3 Å². The van der Waals surface area contributed by atoms with Crippen LogP contribution in [0.5, 0.6) is 0 Å². The molecule has 3 rings (SSSR count). The number of carboxylic acids is 1. The average molecular weight is 323 g/mol. The van der Waals surface area contributed by atoms with E-state index in [1.807, 2.05) is 13.8 Å². The molecule has 1 aliphatic carbocycles. The Bertz CT molecular complexity index is 525. The normalized spacial score (nSPS) is 30.8. The Hall–Kier alpha value is -1.40. The van der Waals surface area contributed by atoms with E-state index in [4.69, 9.17) is 9.47 Å². The maximum Gasteiger partial charge on any atom is 0.307 e. The lowest BCUT2D eigenvalue weighted by Crippen LogP contribution is -2.50. The van der Waals surface area contributed by atoms with Gasteiger partial charge in [-0.25, -0.2) is 0 Å². The summed E-state index contributed by atoms with van der Waals surface area (Å²) in [7, 11) is 0. The van der Waals surface area contributed by atoms with Crippen molar-refractivity contribution in [3.05, 3.63) is 11.1 Å². The summed E-state index contributed by atoms with van der Waals surface area (Å²) in [6, 6.07) is 0. The molecule has 0 aromatic carbocycles. The Labute approximate surface area is 136 Å².